The Hall–Kier alpha value is -1.64. The molecule has 1 atom stereocenters. The van der Waals surface area contributed by atoms with Gasteiger partial charge in [-0.1, -0.05) is 30.5 Å². The van der Waals surface area contributed by atoms with Crippen LogP contribution in [0.1, 0.15) is 37.7 Å². The lowest BCUT2D eigenvalue weighted by Crippen LogP contribution is -2.67. The van der Waals surface area contributed by atoms with Gasteiger partial charge >= 0.3 is 24.2 Å². The first-order chi connectivity index (χ1) is 14.7. The largest absolute Gasteiger partial charge is 0.460 e. The summed E-state index contributed by atoms with van der Waals surface area (Å²) < 4.78 is 171. The van der Waals surface area contributed by atoms with Gasteiger partial charge in [0.05, 0.1) is 11.5 Å². The van der Waals surface area contributed by atoms with E-state index in [1.165, 1.54) is 24.3 Å². The highest BCUT2D eigenvalue weighted by atomic mass is 32.2. The van der Waals surface area contributed by atoms with Crippen molar-refractivity contribution in [2.75, 3.05) is 6.61 Å². The van der Waals surface area contributed by atoms with E-state index in [2.05, 4.69) is 4.18 Å². The molecule has 0 saturated carbocycles. The average Bonchev–Trinajstić information content (AvgIpc) is 2.65. The number of alkyl halides is 11. The van der Waals surface area contributed by atoms with Crippen molar-refractivity contribution in [3.63, 3.8) is 0 Å². The summed E-state index contributed by atoms with van der Waals surface area (Å²) in [5.74, 6) is -14.4. The molecule has 15 heteroatoms. The zero-order valence-corrected chi connectivity index (χ0v) is 17.7. The van der Waals surface area contributed by atoms with Crippen molar-refractivity contribution in [3.8, 4) is 0 Å². The number of benzene rings is 1. The maximum absolute atomic E-state index is 14.1. The number of aryl methyl sites for hydroxylation is 1. The molecule has 1 unspecified atom stereocenters. The molecule has 0 amide bonds. The van der Waals surface area contributed by atoms with Crippen LogP contribution in [0.15, 0.2) is 29.2 Å². The van der Waals surface area contributed by atoms with Crippen molar-refractivity contribution in [1.29, 1.82) is 0 Å². The summed E-state index contributed by atoms with van der Waals surface area (Å²) in [5, 5.41) is 0. The number of hydrogen-bond acceptors (Lipinski definition) is 3. The van der Waals surface area contributed by atoms with Crippen LogP contribution in [0.25, 0.3) is 0 Å². The van der Waals surface area contributed by atoms with Crippen LogP contribution in [-0.2, 0) is 14.3 Å². The molecule has 0 spiro atoms. The molecule has 0 radical (unpaired) electrons. The molecule has 1 aromatic carbocycles. The van der Waals surface area contributed by atoms with E-state index < -0.39 is 65.9 Å². The molecule has 0 aromatic heterocycles. The number of rotatable bonds is 11. The lowest BCUT2D eigenvalue weighted by molar-refractivity contribution is -0.412. The highest BCUT2D eigenvalue weighted by Crippen LogP contribution is 2.58. The van der Waals surface area contributed by atoms with Crippen LogP contribution < -0.4 is 0 Å². The fourth-order valence-electron chi connectivity index (χ4n) is 2.67. The van der Waals surface area contributed by atoms with Crippen molar-refractivity contribution >= 4 is 10.1 Å². The van der Waals surface area contributed by atoms with Crippen molar-refractivity contribution in [1.82, 2.24) is 0 Å². The van der Waals surface area contributed by atoms with E-state index in [0.717, 1.165) is 5.56 Å². The predicted octanol–water partition coefficient (Wildman–Crippen LogP) is 6.75. The summed E-state index contributed by atoms with van der Waals surface area (Å²) in [7, 11) is -4.16. The molecule has 0 aliphatic carbocycles. The quantitative estimate of drug-likeness (QED) is 0.183. The van der Waals surface area contributed by atoms with Crippen molar-refractivity contribution < 1.29 is 60.9 Å². The first-order valence-electron chi connectivity index (χ1n) is 9.25. The van der Waals surface area contributed by atoms with Gasteiger partial charge in [0, 0.05) is 0 Å². The van der Waals surface area contributed by atoms with Crippen molar-refractivity contribution in [2.24, 2.45) is 0 Å². The van der Waals surface area contributed by atoms with Crippen molar-refractivity contribution in [3.05, 3.63) is 29.8 Å². The second-order valence-electron chi connectivity index (χ2n) is 7.20. The summed E-state index contributed by atoms with van der Waals surface area (Å²) in [6, 6.07) is 5.47. The lowest BCUT2D eigenvalue weighted by atomic mass is 9.86. The highest BCUT2D eigenvalue weighted by molar-refractivity contribution is 7.86. The minimum absolute atomic E-state index is 0.161. The summed E-state index contributed by atoms with van der Waals surface area (Å²) in [6.45, 7) is 1.21. The van der Waals surface area contributed by atoms with E-state index in [-0.39, 0.29) is 17.7 Å². The second-order valence-corrected chi connectivity index (χ2v) is 8.81. The molecule has 192 valence electrons. The molecule has 1 aromatic rings. The predicted molar refractivity (Wildman–Crippen MR) is 93.2 cm³/mol. The van der Waals surface area contributed by atoms with Crippen LogP contribution in [0.4, 0.5) is 48.3 Å². The Balaban J connectivity index is 2.69. The third kappa shape index (κ3) is 6.28. The topological polar surface area (TPSA) is 43.4 Å². The molecule has 0 heterocycles. The molecule has 0 bridgehead atoms. The zero-order chi connectivity index (χ0) is 25.9. The normalized spacial score (nSPS) is 16.0. The maximum atomic E-state index is 14.1. The molecule has 33 heavy (non-hydrogen) atoms. The van der Waals surface area contributed by atoms with Gasteiger partial charge in [0.1, 0.15) is 0 Å². The number of hydrogen-bond donors (Lipinski definition) is 0. The fraction of sp³-hybridized carbons (Fsp3) is 0.667. The Kier molecular flexibility index (Phi) is 8.84. The third-order valence-electron chi connectivity index (χ3n) is 4.66. The van der Waals surface area contributed by atoms with Crippen LogP contribution in [0.3, 0.4) is 0 Å². The van der Waals surface area contributed by atoms with Gasteiger partial charge in [-0.2, -0.15) is 52.3 Å². The van der Waals surface area contributed by atoms with Crippen LogP contribution in [0, 0.1) is 6.92 Å². The SMILES string of the molecule is Cc1ccc(S(=O)(=O)OCCCCCCC(F)(C(F)(F)F)C(F)(F)C(F)(F)C(F)(F)F)cc1. The summed E-state index contributed by atoms with van der Waals surface area (Å²) in [4.78, 5) is -0.187. The van der Waals surface area contributed by atoms with E-state index in [1.807, 2.05) is 0 Å². The number of halogens is 11. The Morgan fingerprint density at radius 3 is 1.64 bits per heavy atom. The highest BCUT2D eigenvalue weighted by Gasteiger charge is 2.85. The molecule has 0 saturated heterocycles. The molecule has 0 fully saturated rings. The first-order valence-corrected chi connectivity index (χ1v) is 10.7. The third-order valence-corrected chi connectivity index (χ3v) is 5.99. The van der Waals surface area contributed by atoms with E-state index in [0.29, 0.717) is 0 Å². The van der Waals surface area contributed by atoms with Crippen LogP contribution >= 0.6 is 0 Å². The van der Waals surface area contributed by atoms with Gasteiger partial charge in [-0.3, -0.25) is 4.18 Å². The molecular formula is C18H19F11O3S. The second kappa shape index (κ2) is 9.92. The Morgan fingerprint density at radius 2 is 1.18 bits per heavy atom. The van der Waals surface area contributed by atoms with Gasteiger partial charge in [-0.05, 0) is 38.3 Å². The average molecular weight is 524 g/mol. The van der Waals surface area contributed by atoms with E-state index in [9.17, 15) is 56.7 Å². The monoisotopic (exact) mass is 524 g/mol. The van der Waals surface area contributed by atoms with E-state index in [1.54, 1.807) is 6.92 Å². The smallest absolute Gasteiger partial charge is 0.266 e. The minimum Gasteiger partial charge on any atom is -0.266 e. The molecule has 0 aliphatic heterocycles. The summed E-state index contributed by atoms with van der Waals surface area (Å²) >= 11 is 0. The van der Waals surface area contributed by atoms with Gasteiger partial charge < -0.3 is 0 Å². The fourth-order valence-corrected chi connectivity index (χ4v) is 3.61. The first kappa shape index (κ1) is 29.4. The van der Waals surface area contributed by atoms with Gasteiger partial charge in [-0.25, -0.2) is 4.39 Å². The molecule has 3 nitrogen and oxygen atoms in total. The maximum Gasteiger partial charge on any atom is 0.460 e. The zero-order valence-electron chi connectivity index (χ0n) is 16.8. The Morgan fingerprint density at radius 1 is 0.697 bits per heavy atom. The van der Waals surface area contributed by atoms with Gasteiger partial charge in [0.15, 0.2) is 0 Å². The van der Waals surface area contributed by atoms with Gasteiger partial charge in [0.2, 0.25) is 0 Å². The van der Waals surface area contributed by atoms with Crippen LogP contribution in [0.2, 0.25) is 0 Å². The summed E-state index contributed by atoms with van der Waals surface area (Å²) in [6.07, 6.45) is -18.2. The summed E-state index contributed by atoms with van der Waals surface area (Å²) in [5.41, 5.74) is -5.39. The van der Waals surface area contributed by atoms with Crippen LogP contribution in [0.5, 0.6) is 0 Å². The molecule has 0 N–H and O–H groups in total. The molecule has 0 aliphatic rings. The van der Waals surface area contributed by atoms with Crippen molar-refractivity contribution in [2.45, 2.75) is 73.8 Å². The number of unbranched alkanes of at least 4 members (excludes halogenated alkanes) is 3. The van der Waals surface area contributed by atoms with E-state index in [4.69, 9.17) is 0 Å². The molecule has 1 rings (SSSR count). The Labute approximate surface area is 182 Å². The lowest BCUT2D eigenvalue weighted by Gasteiger charge is -2.39. The minimum atomic E-state index is -7.28. The molecular weight excluding hydrogens is 505 g/mol. The Bertz CT molecular complexity index is 877. The van der Waals surface area contributed by atoms with E-state index >= 15 is 0 Å². The van der Waals surface area contributed by atoms with Gasteiger partial charge in [0.25, 0.3) is 15.8 Å². The van der Waals surface area contributed by atoms with Gasteiger partial charge in [-0.15, -0.1) is 0 Å². The van der Waals surface area contributed by atoms with Crippen LogP contribution in [-0.4, -0.2) is 44.9 Å². The standard InChI is InChI=1S/C18H19F11O3S/c1-12-6-8-13(9-7-12)33(30,31)32-11-5-3-2-4-10-14(19,17(24,25)26)15(20,21)16(22,23)18(27,28)29/h6-9H,2-5,10-11H2,1H3.